The predicted octanol–water partition coefficient (Wildman–Crippen LogP) is 3.59. The lowest BCUT2D eigenvalue weighted by molar-refractivity contribution is 0.197. The summed E-state index contributed by atoms with van der Waals surface area (Å²) in [5.74, 6) is 1.45. The van der Waals surface area contributed by atoms with Gasteiger partial charge in [0.2, 0.25) is 0 Å². The standard InChI is InChI=1S/C18H26N4O/c1-12-7-6-10-15-17(12)21-16(20-15)11-22(3)18(23)19-13(2)14-8-4-5-9-14/h6-7,10,13-14H,4-5,8-9,11H2,1-3H3,(H,19,23)(H,20,21)/t13-/m1/s1. The van der Waals surface area contributed by atoms with Gasteiger partial charge >= 0.3 is 6.03 Å². The number of urea groups is 1. The molecule has 0 bridgehead atoms. The second-order valence-corrected chi connectivity index (χ2v) is 6.79. The van der Waals surface area contributed by atoms with E-state index in [-0.39, 0.29) is 12.1 Å². The molecule has 23 heavy (non-hydrogen) atoms. The Bertz CT molecular complexity index is 687. The fraction of sp³-hybridized carbons (Fsp3) is 0.556. The number of carbonyl (C=O) groups excluding carboxylic acids is 1. The lowest BCUT2D eigenvalue weighted by atomic mass is 10.0. The average Bonchev–Trinajstić information content (AvgIpc) is 3.16. The molecule has 1 heterocycles. The molecule has 1 aliphatic rings. The van der Waals surface area contributed by atoms with Crippen molar-refractivity contribution in [2.75, 3.05) is 7.05 Å². The molecule has 2 amide bonds. The van der Waals surface area contributed by atoms with Crippen molar-refractivity contribution in [2.24, 2.45) is 5.92 Å². The number of rotatable bonds is 4. The molecule has 5 heteroatoms. The second kappa shape index (κ2) is 6.60. The minimum atomic E-state index is -0.0263. The maximum Gasteiger partial charge on any atom is 0.317 e. The Hall–Kier alpha value is -2.04. The molecule has 0 aliphatic heterocycles. The number of carbonyl (C=O) groups is 1. The van der Waals surface area contributed by atoms with Crippen molar-refractivity contribution in [3.63, 3.8) is 0 Å². The first-order chi connectivity index (χ1) is 11.0. The van der Waals surface area contributed by atoms with E-state index in [4.69, 9.17) is 0 Å². The maximum absolute atomic E-state index is 12.4. The topological polar surface area (TPSA) is 61.0 Å². The number of para-hydroxylation sites is 1. The molecule has 0 radical (unpaired) electrons. The van der Waals surface area contributed by atoms with Crippen molar-refractivity contribution in [1.29, 1.82) is 0 Å². The first-order valence-electron chi connectivity index (χ1n) is 8.50. The second-order valence-electron chi connectivity index (χ2n) is 6.79. The molecule has 2 N–H and O–H groups in total. The van der Waals surface area contributed by atoms with E-state index in [0.29, 0.717) is 12.5 Å². The van der Waals surface area contributed by atoms with E-state index >= 15 is 0 Å². The van der Waals surface area contributed by atoms with Crippen LogP contribution in [0.2, 0.25) is 0 Å². The van der Waals surface area contributed by atoms with E-state index in [2.05, 4.69) is 22.2 Å². The number of benzene rings is 1. The molecule has 5 nitrogen and oxygen atoms in total. The monoisotopic (exact) mass is 314 g/mol. The van der Waals surface area contributed by atoms with Crippen LogP contribution in [0.15, 0.2) is 18.2 Å². The van der Waals surface area contributed by atoms with E-state index in [1.807, 2.05) is 32.2 Å². The normalized spacial score (nSPS) is 16.7. The number of aryl methyl sites for hydroxylation is 1. The van der Waals surface area contributed by atoms with Gasteiger partial charge in [-0.3, -0.25) is 0 Å². The molecule has 124 valence electrons. The zero-order valence-electron chi connectivity index (χ0n) is 14.2. The Balaban J connectivity index is 1.61. The average molecular weight is 314 g/mol. The Kier molecular flexibility index (Phi) is 4.55. The van der Waals surface area contributed by atoms with Gasteiger partial charge in [0.15, 0.2) is 0 Å². The fourth-order valence-corrected chi connectivity index (χ4v) is 3.48. The molecule has 0 saturated heterocycles. The van der Waals surface area contributed by atoms with Gasteiger partial charge in [-0.05, 0) is 44.2 Å². The fourth-order valence-electron chi connectivity index (χ4n) is 3.48. The molecule has 1 aromatic carbocycles. The van der Waals surface area contributed by atoms with Crippen LogP contribution in [0.1, 0.15) is 44.0 Å². The lowest BCUT2D eigenvalue weighted by Crippen LogP contribution is -2.44. The Morgan fingerprint density at radius 2 is 2.17 bits per heavy atom. The van der Waals surface area contributed by atoms with Crippen LogP contribution in [-0.4, -0.2) is 34.0 Å². The maximum atomic E-state index is 12.4. The number of aromatic nitrogens is 2. The van der Waals surface area contributed by atoms with Crippen LogP contribution in [0.3, 0.4) is 0 Å². The minimum Gasteiger partial charge on any atom is -0.340 e. The number of H-pyrrole nitrogens is 1. The molecule has 3 rings (SSSR count). The SMILES string of the molecule is Cc1cccc2[nH]c(CN(C)C(=O)N[C@H](C)C3CCCC3)nc12. The Morgan fingerprint density at radius 3 is 2.87 bits per heavy atom. The minimum absolute atomic E-state index is 0.0263. The smallest absolute Gasteiger partial charge is 0.317 e. The molecular formula is C18H26N4O. The number of amides is 2. The van der Waals surface area contributed by atoms with Gasteiger partial charge in [0.25, 0.3) is 0 Å². The van der Waals surface area contributed by atoms with Gasteiger partial charge in [0.1, 0.15) is 5.82 Å². The van der Waals surface area contributed by atoms with E-state index in [9.17, 15) is 4.79 Å². The number of hydrogen-bond acceptors (Lipinski definition) is 2. The van der Waals surface area contributed by atoms with E-state index in [1.165, 1.54) is 25.7 Å². The van der Waals surface area contributed by atoms with Crippen molar-refractivity contribution in [3.8, 4) is 0 Å². The number of hydrogen-bond donors (Lipinski definition) is 2. The highest BCUT2D eigenvalue weighted by Gasteiger charge is 2.24. The summed E-state index contributed by atoms with van der Waals surface area (Å²) in [6.45, 7) is 4.65. The van der Waals surface area contributed by atoms with Crippen LogP contribution in [0.5, 0.6) is 0 Å². The summed E-state index contributed by atoms with van der Waals surface area (Å²) in [7, 11) is 1.82. The molecule has 1 aromatic heterocycles. The van der Waals surface area contributed by atoms with Gasteiger partial charge in [-0.2, -0.15) is 0 Å². The summed E-state index contributed by atoms with van der Waals surface area (Å²) in [6, 6.07) is 6.29. The number of nitrogens with one attached hydrogen (secondary N) is 2. The van der Waals surface area contributed by atoms with Crippen molar-refractivity contribution in [3.05, 3.63) is 29.6 Å². The van der Waals surface area contributed by atoms with E-state index in [0.717, 1.165) is 22.4 Å². The van der Waals surface area contributed by atoms with Crippen LogP contribution in [-0.2, 0) is 6.54 Å². The molecule has 2 aromatic rings. The summed E-state index contributed by atoms with van der Waals surface area (Å²) >= 11 is 0. The molecule has 1 saturated carbocycles. The number of fused-ring (bicyclic) bond motifs is 1. The quantitative estimate of drug-likeness (QED) is 0.906. The van der Waals surface area contributed by atoms with Crippen molar-refractivity contribution < 1.29 is 4.79 Å². The largest absolute Gasteiger partial charge is 0.340 e. The van der Waals surface area contributed by atoms with Crippen LogP contribution >= 0.6 is 0 Å². The molecule has 1 fully saturated rings. The first kappa shape index (κ1) is 15.8. The zero-order valence-corrected chi connectivity index (χ0v) is 14.2. The zero-order chi connectivity index (χ0) is 16.4. The van der Waals surface area contributed by atoms with Crippen LogP contribution in [0.25, 0.3) is 11.0 Å². The van der Waals surface area contributed by atoms with Crippen molar-refractivity contribution >= 4 is 17.1 Å². The highest BCUT2D eigenvalue weighted by atomic mass is 16.2. The van der Waals surface area contributed by atoms with Gasteiger partial charge < -0.3 is 15.2 Å². The van der Waals surface area contributed by atoms with Gasteiger partial charge in [-0.25, -0.2) is 9.78 Å². The van der Waals surface area contributed by atoms with Crippen LogP contribution in [0, 0.1) is 12.8 Å². The van der Waals surface area contributed by atoms with Gasteiger partial charge in [0.05, 0.1) is 17.6 Å². The van der Waals surface area contributed by atoms with Gasteiger partial charge in [0, 0.05) is 13.1 Å². The number of aromatic amines is 1. The summed E-state index contributed by atoms with van der Waals surface area (Å²) in [5, 5.41) is 3.13. The Labute approximate surface area is 137 Å². The molecule has 0 spiro atoms. The Morgan fingerprint density at radius 1 is 1.43 bits per heavy atom. The highest BCUT2D eigenvalue weighted by Crippen LogP contribution is 2.27. The molecule has 1 atom stereocenters. The highest BCUT2D eigenvalue weighted by molar-refractivity contribution is 5.78. The van der Waals surface area contributed by atoms with Crippen molar-refractivity contribution in [1.82, 2.24) is 20.2 Å². The summed E-state index contributed by atoms with van der Waals surface area (Å²) in [5.41, 5.74) is 3.15. The molecule has 1 aliphatic carbocycles. The van der Waals surface area contributed by atoms with Gasteiger partial charge in [-0.1, -0.05) is 25.0 Å². The van der Waals surface area contributed by atoms with Crippen LogP contribution in [0.4, 0.5) is 4.79 Å². The summed E-state index contributed by atoms with van der Waals surface area (Å²) in [4.78, 5) is 22.0. The predicted molar refractivity (Wildman–Crippen MR) is 92.2 cm³/mol. The first-order valence-corrected chi connectivity index (χ1v) is 8.50. The summed E-state index contributed by atoms with van der Waals surface area (Å²) < 4.78 is 0. The third kappa shape index (κ3) is 3.49. The van der Waals surface area contributed by atoms with Gasteiger partial charge in [-0.15, -0.1) is 0 Å². The third-order valence-corrected chi connectivity index (χ3v) is 4.96. The summed E-state index contributed by atoms with van der Waals surface area (Å²) in [6.07, 6.45) is 5.04. The third-order valence-electron chi connectivity index (χ3n) is 4.96. The molecular weight excluding hydrogens is 288 g/mol. The number of imidazole rings is 1. The van der Waals surface area contributed by atoms with E-state index < -0.39 is 0 Å². The van der Waals surface area contributed by atoms with Crippen LogP contribution < -0.4 is 5.32 Å². The lowest BCUT2D eigenvalue weighted by Gasteiger charge is -2.24. The molecule has 0 unspecified atom stereocenters. The van der Waals surface area contributed by atoms with Crippen molar-refractivity contribution in [2.45, 2.75) is 52.1 Å². The van der Waals surface area contributed by atoms with E-state index in [1.54, 1.807) is 4.90 Å². The number of nitrogens with zero attached hydrogens (tertiary/aromatic N) is 2.